The highest BCUT2D eigenvalue weighted by Crippen LogP contribution is 2.34. The Kier molecular flexibility index (Phi) is 3.19. The third-order valence-electron chi connectivity index (χ3n) is 4.58. The molecule has 2 aliphatic heterocycles. The molecule has 18 heavy (non-hydrogen) atoms. The monoisotopic (exact) mass is 244 g/mol. The van der Waals surface area contributed by atoms with Crippen LogP contribution in [0.2, 0.25) is 0 Å². The fraction of sp³-hybridized carbons (Fsp3) is 0.625. The standard InChI is InChI=1S/C16H24N2/c1-3-14-7-6-12(2)18(14)15-8-9-16-13(11-15)5-4-10-17-16/h8-9,11-12,14,17H,3-7,10H2,1-2H3. The maximum absolute atomic E-state index is 3.50. The minimum atomic E-state index is 0.699. The first-order valence-electron chi connectivity index (χ1n) is 7.44. The lowest BCUT2D eigenvalue weighted by Crippen LogP contribution is -2.34. The molecule has 2 atom stereocenters. The van der Waals surface area contributed by atoms with E-state index >= 15 is 0 Å². The zero-order valence-electron chi connectivity index (χ0n) is 11.6. The van der Waals surface area contributed by atoms with E-state index in [2.05, 4.69) is 42.3 Å². The number of rotatable bonds is 2. The van der Waals surface area contributed by atoms with Crippen molar-refractivity contribution in [2.75, 3.05) is 16.8 Å². The lowest BCUT2D eigenvalue weighted by molar-refractivity contribution is 0.627. The number of benzene rings is 1. The zero-order valence-corrected chi connectivity index (χ0v) is 11.6. The van der Waals surface area contributed by atoms with Crippen LogP contribution in [0.4, 0.5) is 11.4 Å². The van der Waals surface area contributed by atoms with Gasteiger partial charge in [0.15, 0.2) is 0 Å². The maximum Gasteiger partial charge on any atom is 0.0375 e. The van der Waals surface area contributed by atoms with Crippen LogP contribution in [-0.4, -0.2) is 18.6 Å². The highest BCUT2D eigenvalue weighted by Gasteiger charge is 2.29. The molecule has 1 saturated heterocycles. The van der Waals surface area contributed by atoms with Gasteiger partial charge in [0.25, 0.3) is 0 Å². The second kappa shape index (κ2) is 4.83. The topological polar surface area (TPSA) is 15.3 Å². The summed E-state index contributed by atoms with van der Waals surface area (Å²) in [5.41, 5.74) is 4.30. The first-order valence-corrected chi connectivity index (χ1v) is 7.44. The minimum absolute atomic E-state index is 0.699. The molecule has 0 radical (unpaired) electrons. The van der Waals surface area contributed by atoms with Crippen LogP contribution in [0, 0.1) is 0 Å². The summed E-state index contributed by atoms with van der Waals surface area (Å²) in [6.45, 7) is 5.81. The molecule has 0 aromatic heterocycles. The van der Waals surface area contributed by atoms with Crippen molar-refractivity contribution in [2.45, 2.75) is 58.0 Å². The summed E-state index contributed by atoms with van der Waals surface area (Å²) in [5, 5.41) is 3.50. The molecule has 1 aromatic rings. The Balaban J connectivity index is 1.91. The molecular weight excluding hydrogens is 220 g/mol. The van der Waals surface area contributed by atoms with Gasteiger partial charge in [-0.15, -0.1) is 0 Å². The van der Waals surface area contributed by atoms with Crippen LogP contribution < -0.4 is 10.2 Å². The maximum atomic E-state index is 3.50. The average Bonchev–Trinajstić information content (AvgIpc) is 2.79. The highest BCUT2D eigenvalue weighted by atomic mass is 15.2. The number of fused-ring (bicyclic) bond motifs is 1. The molecule has 3 rings (SSSR count). The number of hydrogen-bond donors (Lipinski definition) is 1. The van der Waals surface area contributed by atoms with Crippen LogP contribution in [0.1, 0.15) is 45.1 Å². The molecule has 2 unspecified atom stereocenters. The third-order valence-corrected chi connectivity index (χ3v) is 4.58. The van der Waals surface area contributed by atoms with Crippen LogP contribution >= 0.6 is 0 Å². The molecule has 1 aromatic carbocycles. The van der Waals surface area contributed by atoms with Gasteiger partial charge in [-0.05, 0) is 62.8 Å². The molecule has 2 aliphatic rings. The number of hydrogen-bond acceptors (Lipinski definition) is 2. The number of nitrogens with zero attached hydrogens (tertiary/aromatic N) is 1. The van der Waals surface area contributed by atoms with Crippen molar-refractivity contribution in [1.82, 2.24) is 0 Å². The fourth-order valence-corrected chi connectivity index (χ4v) is 3.56. The molecule has 2 nitrogen and oxygen atoms in total. The molecular formula is C16H24N2. The van der Waals surface area contributed by atoms with Crippen LogP contribution in [0.3, 0.4) is 0 Å². The van der Waals surface area contributed by atoms with Gasteiger partial charge in [0.2, 0.25) is 0 Å². The predicted molar refractivity (Wildman–Crippen MR) is 78.5 cm³/mol. The largest absolute Gasteiger partial charge is 0.385 e. The fourth-order valence-electron chi connectivity index (χ4n) is 3.56. The SMILES string of the molecule is CCC1CCC(C)N1c1ccc2c(c1)CCCN2. The second-order valence-corrected chi connectivity index (χ2v) is 5.77. The lowest BCUT2D eigenvalue weighted by atomic mass is 10.0. The van der Waals surface area contributed by atoms with Crippen molar-refractivity contribution in [3.63, 3.8) is 0 Å². The van der Waals surface area contributed by atoms with E-state index in [1.807, 2.05) is 0 Å². The summed E-state index contributed by atoms with van der Waals surface area (Å²) in [5.74, 6) is 0. The van der Waals surface area contributed by atoms with E-state index in [1.54, 1.807) is 0 Å². The van der Waals surface area contributed by atoms with Crippen molar-refractivity contribution in [1.29, 1.82) is 0 Å². The van der Waals surface area contributed by atoms with E-state index in [1.165, 1.54) is 49.0 Å². The van der Waals surface area contributed by atoms with Crippen molar-refractivity contribution in [3.05, 3.63) is 23.8 Å². The first kappa shape index (κ1) is 11.9. The Hall–Kier alpha value is -1.18. The van der Waals surface area contributed by atoms with Gasteiger partial charge in [-0.1, -0.05) is 6.92 Å². The Morgan fingerprint density at radius 1 is 1.33 bits per heavy atom. The van der Waals surface area contributed by atoms with Crippen LogP contribution in [0.25, 0.3) is 0 Å². The molecule has 0 aliphatic carbocycles. The zero-order chi connectivity index (χ0) is 12.5. The van der Waals surface area contributed by atoms with Gasteiger partial charge in [-0.25, -0.2) is 0 Å². The van der Waals surface area contributed by atoms with E-state index in [4.69, 9.17) is 0 Å². The molecule has 98 valence electrons. The molecule has 0 amide bonds. The van der Waals surface area contributed by atoms with Crippen molar-refractivity contribution in [2.24, 2.45) is 0 Å². The summed E-state index contributed by atoms with van der Waals surface area (Å²) in [6.07, 6.45) is 6.46. The molecule has 0 saturated carbocycles. The third kappa shape index (κ3) is 1.98. The van der Waals surface area contributed by atoms with Gasteiger partial charge in [-0.2, -0.15) is 0 Å². The molecule has 1 N–H and O–H groups in total. The lowest BCUT2D eigenvalue weighted by Gasteiger charge is -2.31. The van der Waals surface area contributed by atoms with Crippen LogP contribution in [0.5, 0.6) is 0 Å². The van der Waals surface area contributed by atoms with Gasteiger partial charge in [0.05, 0.1) is 0 Å². The summed E-state index contributed by atoms with van der Waals surface area (Å²) >= 11 is 0. The van der Waals surface area contributed by atoms with Gasteiger partial charge < -0.3 is 10.2 Å². The number of aryl methyl sites for hydroxylation is 1. The van der Waals surface area contributed by atoms with Gasteiger partial charge >= 0.3 is 0 Å². The van der Waals surface area contributed by atoms with Gasteiger partial charge in [0, 0.05) is 30.0 Å². The van der Waals surface area contributed by atoms with Crippen molar-refractivity contribution >= 4 is 11.4 Å². The normalized spacial score (nSPS) is 26.9. The molecule has 2 heterocycles. The molecule has 2 heteroatoms. The molecule has 1 fully saturated rings. The summed E-state index contributed by atoms with van der Waals surface area (Å²) in [7, 11) is 0. The minimum Gasteiger partial charge on any atom is -0.385 e. The van der Waals surface area contributed by atoms with E-state index in [0.717, 1.165) is 12.6 Å². The Labute approximate surface area is 110 Å². The Bertz CT molecular complexity index is 427. The van der Waals surface area contributed by atoms with Crippen LogP contribution in [-0.2, 0) is 6.42 Å². The first-order chi connectivity index (χ1) is 8.79. The number of anilines is 2. The predicted octanol–water partition coefficient (Wildman–Crippen LogP) is 3.81. The van der Waals surface area contributed by atoms with Crippen LogP contribution in [0.15, 0.2) is 18.2 Å². The van der Waals surface area contributed by atoms with E-state index in [9.17, 15) is 0 Å². The van der Waals surface area contributed by atoms with E-state index in [-0.39, 0.29) is 0 Å². The van der Waals surface area contributed by atoms with Crippen molar-refractivity contribution < 1.29 is 0 Å². The van der Waals surface area contributed by atoms with Crippen molar-refractivity contribution in [3.8, 4) is 0 Å². The second-order valence-electron chi connectivity index (χ2n) is 5.77. The highest BCUT2D eigenvalue weighted by molar-refractivity contribution is 5.62. The van der Waals surface area contributed by atoms with E-state index in [0.29, 0.717) is 6.04 Å². The Morgan fingerprint density at radius 2 is 2.22 bits per heavy atom. The van der Waals surface area contributed by atoms with Gasteiger partial charge in [-0.3, -0.25) is 0 Å². The molecule has 0 spiro atoms. The summed E-state index contributed by atoms with van der Waals surface area (Å²) < 4.78 is 0. The van der Waals surface area contributed by atoms with Gasteiger partial charge in [0.1, 0.15) is 0 Å². The quantitative estimate of drug-likeness (QED) is 0.851. The summed E-state index contributed by atoms with van der Waals surface area (Å²) in [4.78, 5) is 2.65. The Morgan fingerprint density at radius 3 is 3.06 bits per heavy atom. The number of nitrogens with one attached hydrogen (secondary N) is 1. The smallest absolute Gasteiger partial charge is 0.0375 e. The summed E-state index contributed by atoms with van der Waals surface area (Å²) in [6, 6.07) is 8.45. The average molecular weight is 244 g/mol. The molecule has 0 bridgehead atoms. The van der Waals surface area contributed by atoms with E-state index < -0.39 is 0 Å².